The van der Waals surface area contributed by atoms with Gasteiger partial charge in [0.1, 0.15) is 22.8 Å². The number of phenols is 1. The average molecular weight is 472 g/mol. The van der Waals surface area contributed by atoms with Crippen molar-refractivity contribution in [2.24, 2.45) is 17.6 Å². The van der Waals surface area contributed by atoms with Gasteiger partial charge in [-0.25, -0.2) is 0 Å². The smallest absolute Gasteiger partial charge is 0.255 e. The molecular weight excluding hydrogens is 444 g/mol. The van der Waals surface area contributed by atoms with Crippen LogP contribution in [0.25, 0.3) is 5.76 Å². The fraction of sp³-hybridized carbons (Fsp3) is 0.435. The van der Waals surface area contributed by atoms with E-state index in [9.17, 15) is 34.8 Å². The minimum absolute atomic E-state index is 0.0187. The molecule has 4 rings (SSSR count). The predicted octanol–water partition coefficient (Wildman–Crippen LogP) is -0.0220. The zero-order valence-corrected chi connectivity index (χ0v) is 19.0. The second kappa shape index (κ2) is 7.74. The zero-order chi connectivity index (χ0) is 25.3. The van der Waals surface area contributed by atoms with Crippen LogP contribution in [0.3, 0.4) is 0 Å². The second-order valence-electron chi connectivity index (χ2n) is 9.21. The van der Waals surface area contributed by atoms with Crippen molar-refractivity contribution in [3.05, 3.63) is 34.1 Å². The maximum Gasteiger partial charge on any atom is 0.255 e. The number of hydrogen-bond donors (Lipinski definition) is 7. The van der Waals surface area contributed by atoms with Gasteiger partial charge in [0.05, 0.1) is 17.3 Å². The largest absolute Gasteiger partial charge is 0.508 e. The number of rotatable bonds is 4. The van der Waals surface area contributed by atoms with E-state index in [1.807, 2.05) is 6.92 Å². The predicted molar refractivity (Wildman–Crippen MR) is 123 cm³/mol. The van der Waals surface area contributed by atoms with Gasteiger partial charge in [-0.05, 0) is 51.4 Å². The van der Waals surface area contributed by atoms with Crippen LogP contribution in [0.2, 0.25) is 0 Å². The number of primary amides is 1. The number of carbonyl (C=O) groups is 3. The third-order valence-corrected chi connectivity index (χ3v) is 7.12. The van der Waals surface area contributed by atoms with Gasteiger partial charge in [-0.2, -0.15) is 0 Å². The zero-order valence-electron chi connectivity index (χ0n) is 19.0. The molecule has 4 atom stereocenters. The fourth-order valence-corrected chi connectivity index (χ4v) is 5.68. The molecule has 0 saturated heterocycles. The van der Waals surface area contributed by atoms with Gasteiger partial charge in [0, 0.05) is 23.7 Å². The maximum atomic E-state index is 13.7. The van der Waals surface area contributed by atoms with Crippen LogP contribution in [0.1, 0.15) is 24.5 Å². The number of nitrogens with two attached hydrogens (primary N) is 2. The average Bonchev–Trinajstić information content (AvgIpc) is 2.74. The number of nitrogens with zero attached hydrogens (tertiary/aromatic N) is 1. The number of fused-ring (bicyclic) bond motifs is 3. The summed E-state index contributed by atoms with van der Waals surface area (Å²) in [6.45, 7) is 2.40. The Morgan fingerprint density at radius 1 is 1.26 bits per heavy atom. The molecule has 1 aromatic carbocycles. The summed E-state index contributed by atoms with van der Waals surface area (Å²) < 4.78 is 0. The lowest BCUT2D eigenvalue weighted by Gasteiger charge is -2.50. The highest BCUT2D eigenvalue weighted by atomic mass is 16.3. The van der Waals surface area contributed by atoms with Crippen molar-refractivity contribution >= 4 is 34.6 Å². The van der Waals surface area contributed by atoms with Crippen molar-refractivity contribution in [2.75, 3.05) is 31.7 Å². The number of likely N-dealkylation sites (N-methyl/N-ethyl adjacent to an activating group) is 1. The molecule has 1 fully saturated rings. The van der Waals surface area contributed by atoms with E-state index in [0.29, 0.717) is 17.8 Å². The van der Waals surface area contributed by atoms with Gasteiger partial charge < -0.3 is 37.2 Å². The molecule has 11 nitrogen and oxygen atoms in total. The minimum atomic E-state index is -2.66. The molecule has 34 heavy (non-hydrogen) atoms. The number of Topliss-reactive ketones (excluding diaryl/α,β-unsaturated/α-hetero) is 2. The van der Waals surface area contributed by atoms with Gasteiger partial charge in [0.2, 0.25) is 5.78 Å². The van der Waals surface area contributed by atoms with Crippen LogP contribution in [-0.4, -0.2) is 75.1 Å². The van der Waals surface area contributed by atoms with Crippen LogP contribution in [-0.2, 0) is 20.8 Å². The van der Waals surface area contributed by atoms with Crippen LogP contribution in [0.5, 0.6) is 5.75 Å². The summed E-state index contributed by atoms with van der Waals surface area (Å²) in [4.78, 5) is 40.2. The number of aliphatic hydroxyl groups excluding tert-OH is 2. The summed E-state index contributed by atoms with van der Waals surface area (Å²) in [5.74, 6) is -6.97. The van der Waals surface area contributed by atoms with Gasteiger partial charge in [-0.15, -0.1) is 0 Å². The number of phenolic OH excluding ortho intramolecular Hbond substituents is 1. The minimum Gasteiger partial charge on any atom is -0.508 e. The van der Waals surface area contributed by atoms with Gasteiger partial charge in [0.25, 0.3) is 5.91 Å². The fourth-order valence-electron chi connectivity index (χ4n) is 5.68. The molecule has 0 bridgehead atoms. The third-order valence-electron chi connectivity index (χ3n) is 7.12. The molecule has 3 aliphatic rings. The summed E-state index contributed by atoms with van der Waals surface area (Å²) >= 11 is 0. The van der Waals surface area contributed by atoms with Crippen molar-refractivity contribution in [1.82, 2.24) is 4.90 Å². The Kier molecular flexibility index (Phi) is 5.37. The lowest BCUT2D eigenvalue weighted by atomic mass is 9.57. The first kappa shape index (κ1) is 23.6. The number of anilines is 2. The van der Waals surface area contributed by atoms with Crippen LogP contribution in [0.4, 0.5) is 11.4 Å². The molecule has 2 unspecified atom stereocenters. The molecule has 0 aliphatic heterocycles. The quantitative estimate of drug-likeness (QED) is 0.135. The van der Waals surface area contributed by atoms with Crippen LogP contribution < -0.4 is 16.8 Å². The summed E-state index contributed by atoms with van der Waals surface area (Å²) in [6.07, 6.45) is 0.229. The molecule has 0 heterocycles. The van der Waals surface area contributed by atoms with Gasteiger partial charge >= 0.3 is 0 Å². The highest BCUT2D eigenvalue weighted by Crippen LogP contribution is 2.54. The van der Waals surface area contributed by atoms with Crippen molar-refractivity contribution in [3.8, 4) is 5.75 Å². The van der Waals surface area contributed by atoms with Gasteiger partial charge in [0.15, 0.2) is 11.4 Å². The Balaban J connectivity index is 1.99. The molecule has 1 saturated carbocycles. The summed E-state index contributed by atoms with van der Waals surface area (Å²) in [6, 6.07) is 0.419. The molecule has 0 radical (unpaired) electrons. The number of hydrogen-bond acceptors (Lipinski definition) is 10. The number of aliphatic hydroxyl groups is 3. The van der Waals surface area contributed by atoms with Crippen molar-refractivity contribution < 1.29 is 34.8 Å². The van der Waals surface area contributed by atoms with E-state index in [0.717, 1.165) is 0 Å². The Labute approximate surface area is 195 Å². The Bertz CT molecular complexity index is 1200. The Hall–Kier alpha value is -3.57. The topological polar surface area (TPSA) is 199 Å². The number of amides is 1. The SMILES string of the molecule is CCNc1cc(N)c(O)c2c1CC1CC3[C@H](N(C)C)C(=O)C(C(N)=O)=C(O)[C@@]3(O)C(=O)C1=C2O. The first-order valence-electron chi connectivity index (χ1n) is 10.9. The summed E-state index contributed by atoms with van der Waals surface area (Å²) in [5.41, 5.74) is 8.57. The van der Waals surface area contributed by atoms with E-state index in [4.69, 9.17) is 11.5 Å². The van der Waals surface area contributed by atoms with Crippen LogP contribution >= 0.6 is 0 Å². The number of nitrogen functional groups attached to an aromatic ring is 1. The number of ketones is 2. The van der Waals surface area contributed by atoms with Gasteiger partial charge in [-0.1, -0.05) is 0 Å². The lowest BCUT2D eigenvalue weighted by molar-refractivity contribution is -0.153. The molecule has 3 aliphatic carbocycles. The van der Waals surface area contributed by atoms with Crippen LogP contribution in [0.15, 0.2) is 23.0 Å². The standard InChI is InChI=1S/C23H28N4O7/c1-4-26-12-7-11(24)17(28)14-9(12)5-8-6-10-16(27(2)3)19(30)15(22(25)33)21(32)23(10,34)20(31)13(8)18(14)29/h7-8,10,16,26,28-29,32,34H,4-6,24H2,1-3H3,(H2,25,33)/t8?,10?,16-,23-/m0/s1. The number of nitrogens with one attached hydrogen (secondary N) is 1. The van der Waals surface area contributed by atoms with E-state index in [-0.39, 0.29) is 29.7 Å². The summed E-state index contributed by atoms with van der Waals surface area (Å²) in [7, 11) is 3.11. The maximum absolute atomic E-state index is 13.7. The molecule has 1 aromatic rings. The number of aromatic hydroxyl groups is 1. The van der Waals surface area contributed by atoms with E-state index in [1.165, 1.54) is 11.0 Å². The van der Waals surface area contributed by atoms with Crippen molar-refractivity contribution in [3.63, 3.8) is 0 Å². The van der Waals surface area contributed by atoms with Crippen molar-refractivity contribution in [2.45, 2.75) is 31.4 Å². The number of carbonyl (C=O) groups excluding carboxylic acids is 3. The van der Waals surface area contributed by atoms with E-state index in [1.54, 1.807) is 14.1 Å². The first-order valence-corrected chi connectivity index (χ1v) is 10.9. The number of benzene rings is 1. The van der Waals surface area contributed by atoms with E-state index >= 15 is 0 Å². The van der Waals surface area contributed by atoms with E-state index < -0.39 is 63.8 Å². The lowest BCUT2D eigenvalue weighted by Crippen LogP contribution is -2.65. The molecule has 1 amide bonds. The molecule has 9 N–H and O–H groups in total. The molecule has 0 spiro atoms. The highest BCUT2D eigenvalue weighted by molar-refractivity contribution is 6.24. The Morgan fingerprint density at radius 3 is 2.47 bits per heavy atom. The molecule has 0 aromatic heterocycles. The third kappa shape index (κ3) is 2.93. The molecule has 11 heteroatoms. The molecular formula is C23H28N4O7. The monoisotopic (exact) mass is 472 g/mol. The van der Waals surface area contributed by atoms with Crippen molar-refractivity contribution in [1.29, 1.82) is 0 Å². The highest BCUT2D eigenvalue weighted by Gasteiger charge is 2.64. The Morgan fingerprint density at radius 2 is 1.91 bits per heavy atom. The summed E-state index contributed by atoms with van der Waals surface area (Å²) in [5, 5.41) is 47.3. The first-order chi connectivity index (χ1) is 15.9. The van der Waals surface area contributed by atoms with Crippen LogP contribution in [0, 0.1) is 11.8 Å². The van der Waals surface area contributed by atoms with E-state index in [2.05, 4.69) is 5.32 Å². The normalized spacial score (nSPS) is 28.6. The van der Waals surface area contributed by atoms with Gasteiger partial charge in [-0.3, -0.25) is 19.3 Å². The molecule has 182 valence electrons. The second-order valence-corrected chi connectivity index (χ2v) is 9.21.